The summed E-state index contributed by atoms with van der Waals surface area (Å²) in [5, 5.41) is 3.00. The average molecular weight is 318 g/mol. The second-order valence-corrected chi connectivity index (χ2v) is 5.83. The third-order valence-corrected chi connectivity index (χ3v) is 4.23. The molecule has 5 heteroatoms. The van der Waals surface area contributed by atoms with Gasteiger partial charge >= 0.3 is 0 Å². The molecule has 0 atom stereocenters. The largest absolute Gasteiger partial charge is 0.483 e. The number of hydrogen-bond acceptors (Lipinski definition) is 3. The summed E-state index contributed by atoms with van der Waals surface area (Å²) in [5.74, 6) is 0.860. The molecule has 1 aliphatic rings. The number of benzene rings is 1. The Labute approximate surface area is 138 Å². The Balaban J connectivity index is 1.74. The summed E-state index contributed by atoms with van der Waals surface area (Å²) in [5.41, 5.74) is 1.10. The number of piperidine rings is 1. The van der Waals surface area contributed by atoms with Crippen molar-refractivity contribution in [3.8, 4) is 5.75 Å². The molecule has 0 bridgehead atoms. The van der Waals surface area contributed by atoms with Crippen molar-refractivity contribution in [3.05, 3.63) is 29.8 Å². The van der Waals surface area contributed by atoms with Gasteiger partial charge in [0.2, 0.25) is 5.91 Å². The van der Waals surface area contributed by atoms with Crippen molar-refractivity contribution >= 4 is 11.8 Å². The van der Waals surface area contributed by atoms with Crippen LogP contribution in [-0.4, -0.2) is 42.5 Å². The molecule has 2 amide bonds. The lowest BCUT2D eigenvalue weighted by molar-refractivity contribution is -0.132. The molecule has 5 nitrogen and oxygen atoms in total. The number of likely N-dealkylation sites (tertiary alicyclic amines) is 1. The van der Waals surface area contributed by atoms with Crippen LogP contribution < -0.4 is 10.1 Å². The lowest BCUT2D eigenvalue weighted by atomic mass is 10.0. The van der Waals surface area contributed by atoms with Crippen LogP contribution in [0.1, 0.15) is 38.7 Å². The molecule has 1 aromatic rings. The molecule has 1 aromatic carbocycles. The number of ether oxygens (including phenoxy) is 1. The van der Waals surface area contributed by atoms with Crippen molar-refractivity contribution < 1.29 is 14.3 Å². The van der Waals surface area contributed by atoms with Crippen LogP contribution >= 0.6 is 0 Å². The van der Waals surface area contributed by atoms with Crippen LogP contribution in [0.3, 0.4) is 0 Å². The van der Waals surface area contributed by atoms with Gasteiger partial charge in [0, 0.05) is 25.6 Å². The van der Waals surface area contributed by atoms with Crippen LogP contribution in [0.15, 0.2) is 24.3 Å². The zero-order valence-electron chi connectivity index (χ0n) is 14.0. The van der Waals surface area contributed by atoms with Gasteiger partial charge in [-0.3, -0.25) is 9.59 Å². The molecule has 1 N–H and O–H groups in total. The molecule has 1 fully saturated rings. The molecule has 1 aliphatic heterocycles. The number of para-hydroxylation sites is 1. The molecule has 0 radical (unpaired) electrons. The molecular weight excluding hydrogens is 292 g/mol. The lowest BCUT2D eigenvalue weighted by Gasteiger charge is -2.32. The first-order valence-electron chi connectivity index (χ1n) is 8.41. The maximum Gasteiger partial charge on any atom is 0.258 e. The topological polar surface area (TPSA) is 58.6 Å². The fourth-order valence-electron chi connectivity index (χ4n) is 2.85. The lowest BCUT2D eigenvalue weighted by Crippen LogP contribution is -2.47. The summed E-state index contributed by atoms with van der Waals surface area (Å²) < 4.78 is 5.63. The van der Waals surface area contributed by atoms with Crippen LogP contribution in [0.5, 0.6) is 5.75 Å². The Bertz CT molecular complexity index is 537. The Morgan fingerprint density at radius 3 is 2.57 bits per heavy atom. The molecule has 1 heterocycles. The molecule has 0 aromatic heterocycles. The molecule has 2 rings (SSSR count). The number of nitrogens with zero attached hydrogens (tertiary/aromatic N) is 1. The summed E-state index contributed by atoms with van der Waals surface area (Å²) in [6.07, 6.45) is 3.04. The van der Waals surface area contributed by atoms with Crippen LogP contribution in [0.2, 0.25) is 0 Å². The third kappa shape index (κ3) is 4.98. The van der Waals surface area contributed by atoms with Gasteiger partial charge in [-0.2, -0.15) is 0 Å². The van der Waals surface area contributed by atoms with Crippen LogP contribution in [0, 0.1) is 0 Å². The molecule has 126 valence electrons. The summed E-state index contributed by atoms with van der Waals surface area (Å²) in [6.45, 7) is 5.41. The minimum absolute atomic E-state index is 0.0329. The highest BCUT2D eigenvalue weighted by molar-refractivity contribution is 5.78. The van der Waals surface area contributed by atoms with E-state index >= 15 is 0 Å². The monoisotopic (exact) mass is 318 g/mol. The Morgan fingerprint density at radius 1 is 1.22 bits per heavy atom. The minimum Gasteiger partial charge on any atom is -0.483 e. The highest BCUT2D eigenvalue weighted by Gasteiger charge is 2.23. The van der Waals surface area contributed by atoms with Crippen molar-refractivity contribution in [2.24, 2.45) is 0 Å². The Morgan fingerprint density at radius 2 is 1.91 bits per heavy atom. The summed E-state index contributed by atoms with van der Waals surface area (Å²) >= 11 is 0. The fourth-order valence-corrected chi connectivity index (χ4v) is 2.85. The van der Waals surface area contributed by atoms with E-state index in [2.05, 4.69) is 12.2 Å². The van der Waals surface area contributed by atoms with Gasteiger partial charge in [0.1, 0.15) is 5.75 Å². The van der Waals surface area contributed by atoms with E-state index in [4.69, 9.17) is 4.74 Å². The van der Waals surface area contributed by atoms with Gasteiger partial charge in [0.05, 0.1) is 0 Å². The van der Waals surface area contributed by atoms with E-state index in [-0.39, 0.29) is 24.5 Å². The number of carbonyl (C=O) groups excluding carboxylic acids is 2. The van der Waals surface area contributed by atoms with Crippen molar-refractivity contribution in [2.75, 3.05) is 19.7 Å². The summed E-state index contributed by atoms with van der Waals surface area (Å²) in [6, 6.07) is 7.91. The van der Waals surface area contributed by atoms with Gasteiger partial charge in [0.15, 0.2) is 6.61 Å². The number of nitrogens with one attached hydrogen (secondary N) is 1. The first-order valence-corrected chi connectivity index (χ1v) is 8.41. The molecular formula is C18H26N2O3. The summed E-state index contributed by atoms with van der Waals surface area (Å²) in [4.78, 5) is 25.5. The van der Waals surface area contributed by atoms with E-state index in [0.29, 0.717) is 6.42 Å². The number of aryl methyl sites for hydroxylation is 1. The van der Waals surface area contributed by atoms with Crippen molar-refractivity contribution in [1.29, 1.82) is 0 Å². The second-order valence-electron chi connectivity index (χ2n) is 5.83. The van der Waals surface area contributed by atoms with Gasteiger partial charge in [-0.05, 0) is 30.9 Å². The van der Waals surface area contributed by atoms with E-state index in [9.17, 15) is 9.59 Å². The first kappa shape index (κ1) is 17.3. The maximum absolute atomic E-state index is 12.0. The van der Waals surface area contributed by atoms with E-state index < -0.39 is 0 Å². The SMILES string of the molecule is CCC(=O)N1CCC(NC(=O)COc2ccccc2CC)CC1. The number of carbonyl (C=O) groups is 2. The molecule has 0 unspecified atom stereocenters. The van der Waals surface area contributed by atoms with E-state index in [1.807, 2.05) is 36.1 Å². The van der Waals surface area contributed by atoms with E-state index in [1.54, 1.807) is 0 Å². The average Bonchev–Trinajstić information content (AvgIpc) is 2.60. The fraction of sp³-hybridized carbons (Fsp3) is 0.556. The predicted molar refractivity (Wildman–Crippen MR) is 89.4 cm³/mol. The third-order valence-electron chi connectivity index (χ3n) is 4.23. The standard InChI is InChI=1S/C18H26N2O3/c1-3-14-7-5-6-8-16(14)23-13-17(21)19-15-9-11-20(12-10-15)18(22)4-2/h5-8,15H,3-4,9-13H2,1-2H3,(H,19,21). The highest BCUT2D eigenvalue weighted by Crippen LogP contribution is 2.18. The van der Waals surface area contributed by atoms with Gasteiger partial charge in [-0.15, -0.1) is 0 Å². The zero-order chi connectivity index (χ0) is 16.7. The van der Waals surface area contributed by atoms with E-state index in [0.717, 1.165) is 43.7 Å². The van der Waals surface area contributed by atoms with Crippen LogP contribution in [-0.2, 0) is 16.0 Å². The summed E-state index contributed by atoms with van der Waals surface area (Å²) in [7, 11) is 0. The number of hydrogen-bond donors (Lipinski definition) is 1. The number of rotatable bonds is 6. The Hall–Kier alpha value is -2.04. The molecule has 23 heavy (non-hydrogen) atoms. The first-order chi connectivity index (χ1) is 11.1. The van der Waals surface area contributed by atoms with Crippen LogP contribution in [0.4, 0.5) is 0 Å². The molecule has 0 aliphatic carbocycles. The van der Waals surface area contributed by atoms with Gasteiger partial charge in [-0.25, -0.2) is 0 Å². The second kappa shape index (κ2) is 8.56. The van der Waals surface area contributed by atoms with Crippen LogP contribution in [0.25, 0.3) is 0 Å². The van der Waals surface area contributed by atoms with Crippen molar-refractivity contribution in [3.63, 3.8) is 0 Å². The maximum atomic E-state index is 12.0. The minimum atomic E-state index is -0.101. The highest BCUT2D eigenvalue weighted by atomic mass is 16.5. The number of amides is 2. The van der Waals surface area contributed by atoms with Crippen molar-refractivity contribution in [1.82, 2.24) is 10.2 Å². The molecule has 1 saturated heterocycles. The van der Waals surface area contributed by atoms with Gasteiger partial charge in [-0.1, -0.05) is 32.0 Å². The van der Waals surface area contributed by atoms with Crippen molar-refractivity contribution in [2.45, 2.75) is 45.6 Å². The van der Waals surface area contributed by atoms with E-state index in [1.165, 1.54) is 0 Å². The normalized spacial score (nSPS) is 15.3. The smallest absolute Gasteiger partial charge is 0.258 e. The predicted octanol–water partition coefficient (Wildman–Crippen LogP) is 2.14. The quantitative estimate of drug-likeness (QED) is 0.874. The molecule has 0 spiro atoms. The van der Waals surface area contributed by atoms with Gasteiger partial charge < -0.3 is 15.0 Å². The van der Waals surface area contributed by atoms with Gasteiger partial charge in [0.25, 0.3) is 5.91 Å². The Kier molecular flexibility index (Phi) is 6.44. The molecule has 0 saturated carbocycles. The zero-order valence-corrected chi connectivity index (χ0v) is 14.0.